The zero-order valence-electron chi connectivity index (χ0n) is 10.3. The minimum Gasteiger partial charge on any atom is -0.129 e. The highest BCUT2D eigenvalue weighted by Crippen LogP contribution is 2.03. The van der Waals surface area contributed by atoms with Crippen molar-refractivity contribution in [3.63, 3.8) is 0 Å². The highest BCUT2D eigenvalue weighted by atomic mass is 13.9. The standard InChI is InChI=1S/C16H22/c1-2-3-4-5-6-7-8-10-13-16-14-11-9-12-15-16/h7,9-12,14-15H,2-6,13H2,1H3. The predicted octanol–water partition coefficient (Wildman–Crippen LogP) is 4.91. The van der Waals surface area contributed by atoms with Crippen molar-refractivity contribution in [2.45, 2.75) is 45.4 Å². The molecule has 0 bridgehead atoms. The smallest absolute Gasteiger partial charge is 0.00214 e. The first-order valence-corrected chi connectivity index (χ1v) is 6.37. The summed E-state index contributed by atoms with van der Waals surface area (Å²) in [5, 5.41) is 0. The molecule has 0 aromatic heterocycles. The molecule has 1 aromatic rings. The quantitative estimate of drug-likeness (QED) is 0.447. The zero-order chi connectivity index (χ0) is 11.5. The summed E-state index contributed by atoms with van der Waals surface area (Å²) in [6.45, 7) is 2.25. The summed E-state index contributed by atoms with van der Waals surface area (Å²) in [7, 11) is 0. The van der Waals surface area contributed by atoms with E-state index in [9.17, 15) is 0 Å². The van der Waals surface area contributed by atoms with Crippen LogP contribution < -0.4 is 0 Å². The molecule has 0 nitrogen and oxygen atoms in total. The predicted molar refractivity (Wildman–Crippen MR) is 71.6 cm³/mol. The molecule has 0 amide bonds. The molecule has 0 heteroatoms. The van der Waals surface area contributed by atoms with Crippen LogP contribution in [0.15, 0.2) is 48.2 Å². The van der Waals surface area contributed by atoms with Crippen molar-refractivity contribution < 1.29 is 0 Å². The van der Waals surface area contributed by atoms with Crippen LogP contribution in [0.2, 0.25) is 0 Å². The van der Waals surface area contributed by atoms with Crippen LogP contribution in [-0.2, 0) is 6.42 Å². The van der Waals surface area contributed by atoms with E-state index in [0.717, 1.165) is 6.42 Å². The van der Waals surface area contributed by atoms with E-state index in [1.54, 1.807) is 0 Å². The normalized spacial score (nSPS) is 9.56. The van der Waals surface area contributed by atoms with Gasteiger partial charge in [0.25, 0.3) is 0 Å². The van der Waals surface area contributed by atoms with Gasteiger partial charge in [-0.25, -0.2) is 0 Å². The third-order valence-corrected chi connectivity index (χ3v) is 2.62. The van der Waals surface area contributed by atoms with E-state index < -0.39 is 0 Å². The molecule has 1 aromatic carbocycles. The number of hydrogen-bond donors (Lipinski definition) is 0. The van der Waals surface area contributed by atoms with E-state index in [4.69, 9.17) is 0 Å². The Balaban J connectivity index is 2.14. The lowest BCUT2D eigenvalue weighted by molar-refractivity contribution is 0.674. The van der Waals surface area contributed by atoms with Crippen LogP contribution >= 0.6 is 0 Å². The van der Waals surface area contributed by atoms with Crippen LogP contribution in [-0.4, -0.2) is 0 Å². The maximum Gasteiger partial charge on any atom is -0.00214 e. The Labute approximate surface area is 99.7 Å². The van der Waals surface area contributed by atoms with E-state index in [-0.39, 0.29) is 0 Å². The Bertz CT molecular complexity index is 315. The molecule has 0 fully saturated rings. The van der Waals surface area contributed by atoms with Crippen molar-refractivity contribution in [1.82, 2.24) is 0 Å². The Hall–Kier alpha value is -1.26. The average Bonchev–Trinajstić information content (AvgIpc) is 2.34. The van der Waals surface area contributed by atoms with Crippen molar-refractivity contribution in [3.05, 3.63) is 53.8 Å². The summed E-state index contributed by atoms with van der Waals surface area (Å²) >= 11 is 0. The van der Waals surface area contributed by atoms with Crippen LogP contribution in [0.25, 0.3) is 0 Å². The van der Waals surface area contributed by atoms with Gasteiger partial charge in [0.15, 0.2) is 0 Å². The maximum absolute atomic E-state index is 3.26. The number of rotatable bonds is 7. The summed E-state index contributed by atoms with van der Waals surface area (Å²) in [4.78, 5) is 0. The van der Waals surface area contributed by atoms with E-state index in [2.05, 4.69) is 55.1 Å². The second-order valence-electron chi connectivity index (χ2n) is 4.11. The molecule has 0 saturated carbocycles. The lowest BCUT2D eigenvalue weighted by atomic mass is 10.1. The third kappa shape index (κ3) is 6.27. The van der Waals surface area contributed by atoms with Crippen molar-refractivity contribution in [1.29, 1.82) is 0 Å². The van der Waals surface area contributed by atoms with Crippen LogP contribution in [0.5, 0.6) is 0 Å². The number of benzene rings is 1. The first kappa shape index (κ1) is 12.8. The van der Waals surface area contributed by atoms with Gasteiger partial charge in [0.2, 0.25) is 0 Å². The molecular weight excluding hydrogens is 192 g/mol. The van der Waals surface area contributed by atoms with Gasteiger partial charge in [-0.3, -0.25) is 0 Å². The van der Waals surface area contributed by atoms with Gasteiger partial charge in [0, 0.05) is 0 Å². The van der Waals surface area contributed by atoms with Gasteiger partial charge >= 0.3 is 0 Å². The number of hydrogen-bond acceptors (Lipinski definition) is 0. The van der Waals surface area contributed by atoms with Crippen molar-refractivity contribution >= 4 is 0 Å². The van der Waals surface area contributed by atoms with Gasteiger partial charge in [0.05, 0.1) is 0 Å². The van der Waals surface area contributed by atoms with Gasteiger partial charge in [-0.1, -0.05) is 56.5 Å². The SMILES string of the molecule is CCCCCCC=C=CCc1ccccc1. The van der Waals surface area contributed by atoms with Crippen molar-refractivity contribution in [3.8, 4) is 0 Å². The zero-order valence-corrected chi connectivity index (χ0v) is 10.3. The van der Waals surface area contributed by atoms with Crippen LogP contribution in [0.1, 0.15) is 44.6 Å². The maximum atomic E-state index is 3.26. The third-order valence-electron chi connectivity index (χ3n) is 2.62. The van der Waals surface area contributed by atoms with E-state index in [1.165, 1.54) is 37.7 Å². The fraction of sp³-hybridized carbons (Fsp3) is 0.438. The monoisotopic (exact) mass is 214 g/mol. The summed E-state index contributed by atoms with van der Waals surface area (Å²) < 4.78 is 0. The first-order chi connectivity index (χ1) is 7.93. The van der Waals surface area contributed by atoms with Gasteiger partial charge in [0.1, 0.15) is 0 Å². The van der Waals surface area contributed by atoms with Crippen LogP contribution in [0.3, 0.4) is 0 Å². The summed E-state index contributed by atoms with van der Waals surface area (Å²) in [6, 6.07) is 10.5. The highest BCUT2D eigenvalue weighted by Gasteiger charge is 1.85. The molecule has 86 valence electrons. The van der Waals surface area contributed by atoms with Gasteiger partial charge in [-0.2, -0.15) is 0 Å². The Morgan fingerprint density at radius 2 is 1.81 bits per heavy atom. The van der Waals surface area contributed by atoms with Crippen molar-refractivity contribution in [2.24, 2.45) is 0 Å². The molecule has 0 radical (unpaired) electrons. The molecule has 0 aliphatic carbocycles. The van der Waals surface area contributed by atoms with E-state index in [0.29, 0.717) is 0 Å². The summed E-state index contributed by atoms with van der Waals surface area (Å²) in [5.41, 5.74) is 4.62. The molecule has 16 heavy (non-hydrogen) atoms. The van der Waals surface area contributed by atoms with Gasteiger partial charge < -0.3 is 0 Å². The Kier molecular flexibility index (Phi) is 7.21. The lowest BCUT2D eigenvalue weighted by Gasteiger charge is -1.93. The second-order valence-corrected chi connectivity index (χ2v) is 4.11. The molecule has 0 heterocycles. The average molecular weight is 214 g/mol. The number of unbranched alkanes of at least 4 members (excludes halogenated alkanes) is 4. The molecule has 0 atom stereocenters. The lowest BCUT2D eigenvalue weighted by Crippen LogP contribution is -1.77. The van der Waals surface area contributed by atoms with Crippen LogP contribution in [0.4, 0.5) is 0 Å². The second kappa shape index (κ2) is 9.00. The molecule has 1 rings (SSSR count). The van der Waals surface area contributed by atoms with Gasteiger partial charge in [-0.05, 0) is 37.0 Å². The fourth-order valence-corrected chi connectivity index (χ4v) is 1.63. The van der Waals surface area contributed by atoms with Gasteiger partial charge in [-0.15, -0.1) is 5.73 Å². The number of allylic oxidation sites excluding steroid dienone is 1. The highest BCUT2D eigenvalue weighted by molar-refractivity contribution is 5.17. The minimum atomic E-state index is 0.992. The summed E-state index contributed by atoms with van der Waals surface area (Å²) in [6.07, 6.45) is 11.8. The molecule has 0 aliphatic rings. The largest absolute Gasteiger partial charge is 0.129 e. The Morgan fingerprint density at radius 3 is 2.56 bits per heavy atom. The summed E-state index contributed by atoms with van der Waals surface area (Å²) in [5.74, 6) is 0. The van der Waals surface area contributed by atoms with E-state index >= 15 is 0 Å². The topological polar surface area (TPSA) is 0 Å². The first-order valence-electron chi connectivity index (χ1n) is 6.37. The van der Waals surface area contributed by atoms with Crippen molar-refractivity contribution in [2.75, 3.05) is 0 Å². The van der Waals surface area contributed by atoms with Crippen LogP contribution in [0, 0.1) is 0 Å². The fourth-order valence-electron chi connectivity index (χ4n) is 1.63. The minimum absolute atomic E-state index is 0.992. The Morgan fingerprint density at radius 1 is 1.00 bits per heavy atom. The molecule has 0 spiro atoms. The van der Waals surface area contributed by atoms with E-state index in [1.807, 2.05) is 0 Å². The molecule has 0 aliphatic heterocycles. The molecule has 0 N–H and O–H groups in total. The molecular formula is C16H22. The molecule has 0 unspecified atom stereocenters. The molecule has 0 saturated heterocycles.